The molecule has 6 nitrogen and oxygen atoms in total. The van der Waals surface area contributed by atoms with Gasteiger partial charge in [-0.2, -0.15) is 0 Å². The SMILES string of the molecule is CC(=O)C[C@@H](COC(C)=O)[C@H](OC(C)=O)C(C)=O. The van der Waals surface area contributed by atoms with E-state index in [0.29, 0.717) is 0 Å². The Bertz CT molecular complexity index is 346. The summed E-state index contributed by atoms with van der Waals surface area (Å²) in [6, 6.07) is 0. The van der Waals surface area contributed by atoms with Gasteiger partial charge in [-0.25, -0.2) is 0 Å². The predicted octanol–water partition coefficient (Wildman–Crippen LogP) is 0.665. The minimum absolute atomic E-state index is 0.00477. The van der Waals surface area contributed by atoms with Crippen LogP contribution in [-0.2, 0) is 28.7 Å². The summed E-state index contributed by atoms with van der Waals surface area (Å²) in [6.07, 6.45) is -1.06. The summed E-state index contributed by atoms with van der Waals surface area (Å²) in [5, 5.41) is 0. The van der Waals surface area contributed by atoms with Crippen molar-refractivity contribution in [3.8, 4) is 0 Å². The first kappa shape index (κ1) is 16.3. The van der Waals surface area contributed by atoms with Crippen molar-refractivity contribution in [1.82, 2.24) is 0 Å². The molecule has 0 saturated carbocycles. The fraction of sp³-hybridized carbons (Fsp3) is 0.667. The van der Waals surface area contributed by atoms with Gasteiger partial charge in [0.25, 0.3) is 0 Å². The van der Waals surface area contributed by atoms with Crippen molar-refractivity contribution in [1.29, 1.82) is 0 Å². The number of hydrogen-bond donors (Lipinski definition) is 0. The van der Waals surface area contributed by atoms with Gasteiger partial charge in [-0.05, 0) is 13.8 Å². The van der Waals surface area contributed by atoms with Crippen molar-refractivity contribution in [3.63, 3.8) is 0 Å². The van der Waals surface area contributed by atoms with E-state index in [1.54, 1.807) is 0 Å². The zero-order chi connectivity index (χ0) is 14.3. The van der Waals surface area contributed by atoms with Crippen molar-refractivity contribution >= 4 is 23.5 Å². The minimum atomic E-state index is -1.06. The molecule has 0 aromatic carbocycles. The Kier molecular flexibility index (Phi) is 6.85. The molecule has 0 saturated heterocycles. The average Bonchev–Trinajstić information content (AvgIpc) is 2.19. The van der Waals surface area contributed by atoms with Crippen molar-refractivity contribution in [2.45, 2.75) is 40.2 Å². The molecule has 0 fully saturated rings. The number of rotatable bonds is 7. The maximum absolute atomic E-state index is 11.4. The van der Waals surface area contributed by atoms with Crippen LogP contribution < -0.4 is 0 Å². The smallest absolute Gasteiger partial charge is 0.303 e. The molecule has 0 radical (unpaired) electrons. The highest BCUT2D eigenvalue weighted by Crippen LogP contribution is 2.16. The molecule has 0 aromatic heterocycles. The van der Waals surface area contributed by atoms with Crippen molar-refractivity contribution in [2.24, 2.45) is 5.92 Å². The fourth-order valence-corrected chi connectivity index (χ4v) is 1.54. The Balaban J connectivity index is 4.84. The molecule has 6 heteroatoms. The quantitative estimate of drug-likeness (QED) is 0.624. The zero-order valence-electron chi connectivity index (χ0n) is 11.0. The summed E-state index contributed by atoms with van der Waals surface area (Å²) in [6.45, 7) is 4.87. The largest absolute Gasteiger partial charge is 0.465 e. The summed E-state index contributed by atoms with van der Waals surface area (Å²) in [5.74, 6) is -2.35. The van der Waals surface area contributed by atoms with E-state index in [0.717, 1.165) is 0 Å². The van der Waals surface area contributed by atoms with E-state index in [9.17, 15) is 19.2 Å². The van der Waals surface area contributed by atoms with Crippen molar-refractivity contribution in [3.05, 3.63) is 0 Å². The fourth-order valence-electron chi connectivity index (χ4n) is 1.54. The molecule has 0 rings (SSSR count). The Morgan fingerprint density at radius 2 is 1.50 bits per heavy atom. The zero-order valence-corrected chi connectivity index (χ0v) is 11.0. The first-order chi connectivity index (χ1) is 8.23. The molecule has 18 heavy (non-hydrogen) atoms. The van der Waals surface area contributed by atoms with Crippen LogP contribution in [0.3, 0.4) is 0 Å². The molecular formula is C12H18O6. The van der Waals surface area contributed by atoms with Gasteiger partial charge in [0.2, 0.25) is 0 Å². The van der Waals surface area contributed by atoms with E-state index in [4.69, 9.17) is 9.47 Å². The van der Waals surface area contributed by atoms with Crippen molar-refractivity contribution < 1.29 is 28.7 Å². The molecular weight excluding hydrogens is 240 g/mol. The molecule has 2 atom stereocenters. The second-order valence-corrected chi connectivity index (χ2v) is 4.11. The molecule has 0 unspecified atom stereocenters. The topological polar surface area (TPSA) is 86.7 Å². The highest BCUT2D eigenvalue weighted by molar-refractivity contribution is 5.84. The molecule has 0 aliphatic heterocycles. The molecule has 0 N–H and O–H groups in total. The van der Waals surface area contributed by atoms with Gasteiger partial charge in [-0.3, -0.25) is 14.4 Å². The molecule has 0 amide bonds. The molecule has 0 spiro atoms. The van der Waals surface area contributed by atoms with Gasteiger partial charge in [0, 0.05) is 26.2 Å². The first-order valence-electron chi connectivity index (χ1n) is 5.54. The van der Waals surface area contributed by atoms with Gasteiger partial charge < -0.3 is 14.3 Å². The molecule has 0 aromatic rings. The monoisotopic (exact) mass is 258 g/mol. The van der Waals surface area contributed by atoms with Gasteiger partial charge in [0.1, 0.15) is 5.78 Å². The maximum atomic E-state index is 11.4. The van der Waals surface area contributed by atoms with Crippen molar-refractivity contribution in [2.75, 3.05) is 6.61 Å². The van der Waals surface area contributed by atoms with Gasteiger partial charge in [-0.15, -0.1) is 0 Å². The van der Waals surface area contributed by atoms with Crippen LogP contribution in [0.4, 0.5) is 0 Å². The van der Waals surface area contributed by atoms with Crippen LogP contribution >= 0.6 is 0 Å². The maximum Gasteiger partial charge on any atom is 0.303 e. The van der Waals surface area contributed by atoms with Crippen LogP contribution in [-0.4, -0.2) is 36.2 Å². The lowest BCUT2D eigenvalue weighted by molar-refractivity contribution is -0.160. The van der Waals surface area contributed by atoms with Gasteiger partial charge in [-0.1, -0.05) is 0 Å². The van der Waals surface area contributed by atoms with Gasteiger partial charge >= 0.3 is 11.9 Å². The number of carbonyl (C=O) groups excluding carboxylic acids is 4. The number of hydrogen-bond acceptors (Lipinski definition) is 6. The first-order valence-corrected chi connectivity index (χ1v) is 5.54. The highest BCUT2D eigenvalue weighted by atomic mass is 16.6. The van der Waals surface area contributed by atoms with E-state index in [2.05, 4.69) is 0 Å². The van der Waals surface area contributed by atoms with Crippen LogP contribution in [0.5, 0.6) is 0 Å². The van der Waals surface area contributed by atoms with E-state index in [-0.39, 0.29) is 24.6 Å². The van der Waals surface area contributed by atoms with Crippen LogP contribution in [0.15, 0.2) is 0 Å². The Morgan fingerprint density at radius 1 is 0.944 bits per heavy atom. The number of Topliss-reactive ketones (excluding diaryl/α,β-unsaturated/α-hetero) is 2. The number of ketones is 2. The third kappa shape index (κ3) is 6.78. The number of ether oxygens (including phenoxy) is 2. The predicted molar refractivity (Wildman–Crippen MR) is 61.7 cm³/mol. The van der Waals surface area contributed by atoms with E-state index in [1.165, 1.54) is 27.7 Å². The lowest BCUT2D eigenvalue weighted by Gasteiger charge is -2.23. The normalized spacial score (nSPS) is 13.3. The Hall–Kier alpha value is -1.72. The van der Waals surface area contributed by atoms with Crippen LogP contribution in [0.1, 0.15) is 34.1 Å². The highest BCUT2D eigenvalue weighted by Gasteiger charge is 2.30. The lowest BCUT2D eigenvalue weighted by atomic mass is 9.94. The summed E-state index contributed by atoms with van der Waals surface area (Å²) < 4.78 is 9.66. The number of esters is 2. The summed E-state index contributed by atoms with van der Waals surface area (Å²) in [7, 11) is 0. The van der Waals surface area contributed by atoms with Gasteiger partial charge in [0.05, 0.1) is 6.61 Å². The molecule has 0 bridgehead atoms. The Morgan fingerprint density at radius 3 is 1.83 bits per heavy atom. The lowest BCUT2D eigenvalue weighted by Crippen LogP contribution is -2.36. The standard InChI is InChI=1S/C12H18O6/c1-7(13)5-11(6-17-9(3)15)12(8(2)14)18-10(4)16/h11-12H,5-6H2,1-4H3/t11-,12+/m0/s1. The minimum Gasteiger partial charge on any atom is -0.465 e. The average molecular weight is 258 g/mol. The van der Waals surface area contributed by atoms with Gasteiger partial charge in [0.15, 0.2) is 11.9 Å². The summed E-state index contributed by atoms with van der Waals surface area (Å²) in [4.78, 5) is 44.2. The molecule has 0 heterocycles. The summed E-state index contributed by atoms with van der Waals surface area (Å²) in [5.41, 5.74) is 0. The van der Waals surface area contributed by atoms with Crippen LogP contribution in [0.2, 0.25) is 0 Å². The van der Waals surface area contributed by atoms with E-state index in [1.807, 2.05) is 0 Å². The summed E-state index contributed by atoms with van der Waals surface area (Å²) >= 11 is 0. The molecule has 0 aliphatic carbocycles. The molecule has 0 aliphatic rings. The van der Waals surface area contributed by atoms with Crippen LogP contribution in [0.25, 0.3) is 0 Å². The second kappa shape index (κ2) is 7.58. The van der Waals surface area contributed by atoms with Crippen LogP contribution in [0, 0.1) is 5.92 Å². The second-order valence-electron chi connectivity index (χ2n) is 4.11. The number of carbonyl (C=O) groups is 4. The van der Waals surface area contributed by atoms with E-state index < -0.39 is 24.0 Å². The third-order valence-corrected chi connectivity index (χ3v) is 2.17. The third-order valence-electron chi connectivity index (χ3n) is 2.17. The van der Waals surface area contributed by atoms with E-state index >= 15 is 0 Å². The molecule has 102 valence electrons. The Labute approximate surface area is 106 Å².